The molecule has 0 spiro atoms. The van der Waals surface area contributed by atoms with Crippen LogP contribution in [0.1, 0.15) is 98.0 Å². The van der Waals surface area contributed by atoms with Crippen molar-refractivity contribution in [1.82, 2.24) is 9.78 Å². The second-order valence-corrected chi connectivity index (χ2v) is 7.50. The van der Waals surface area contributed by atoms with Gasteiger partial charge in [-0.3, -0.25) is 4.68 Å². The molecular formula is C21H42N2O. The highest BCUT2D eigenvalue weighted by molar-refractivity contribution is 5.35. The van der Waals surface area contributed by atoms with E-state index in [4.69, 9.17) is 9.84 Å². The molecule has 142 valence electrons. The van der Waals surface area contributed by atoms with Crippen molar-refractivity contribution in [2.24, 2.45) is 13.0 Å². The lowest BCUT2D eigenvalue weighted by molar-refractivity contribution is 0.0661. The average Bonchev–Trinajstić information content (AvgIpc) is 2.88. The lowest BCUT2D eigenvalue weighted by Gasteiger charge is -2.25. The third kappa shape index (κ3) is 6.23. The highest BCUT2D eigenvalue weighted by Crippen LogP contribution is 2.35. The molecule has 0 radical (unpaired) electrons. The first-order valence-corrected chi connectivity index (χ1v) is 9.94. The normalized spacial score (nSPS) is 15.5. The van der Waals surface area contributed by atoms with E-state index in [0.29, 0.717) is 5.92 Å². The maximum absolute atomic E-state index is 5.48. The summed E-state index contributed by atoms with van der Waals surface area (Å²) in [6.07, 6.45) is 3.46. The van der Waals surface area contributed by atoms with Crippen molar-refractivity contribution in [2.45, 2.75) is 92.9 Å². The Bertz CT molecular complexity index is 449. The van der Waals surface area contributed by atoms with E-state index in [1.54, 1.807) is 0 Å². The number of nitrogens with zero attached hydrogens (tertiary/aromatic N) is 2. The van der Waals surface area contributed by atoms with Crippen molar-refractivity contribution < 1.29 is 4.74 Å². The van der Waals surface area contributed by atoms with Gasteiger partial charge in [0.25, 0.3) is 0 Å². The van der Waals surface area contributed by atoms with Gasteiger partial charge in [-0.15, -0.1) is 0 Å². The first kappa shape index (κ1) is 23.2. The third-order valence-corrected chi connectivity index (χ3v) is 4.28. The zero-order valence-corrected chi connectivity index (χ0v) is 18.0. The molecule has 1 aliphatic heterocycles. The molecule has 2 rings (SSSR count). The van der Waals surface area contributed by atoms with Gasteiger partial charge in [-0.25, -0.2) is 0 Å². The van der Waals surface area contributed by atoms with E-state index in [9.17, 15) is 0 Å². The van der Waals surface area contributed by atoms with Gasteiger partial charge in [0.2, 0.25) is 0 Å². The number of hydrogen-bond donors (Lipinski definition) is 0. The van der Waals surface area contributed by atoms with Gasteiger partial charge in [-0.05, 0) is 36.5 Å². The lowest BCUT2D eigenvalue weighted by Crippen LogP contribution is -2.21. The van der Waals surface area contributed by atoms with Gasteiger partial charge in [-0.1, -0.05) is 62.3 Å². The van der Waals surface area contributed by atoms with Gasteiger partial charge in [0, 0.05) is 31.5 Å². The zero-order chi connectivity index (χ0) is 18.9. The Balaban J connectivity index is 0.00000123. The number of rotatable bonds is 3. The van der Waals surface area contributed by atoms with E-state index in [1.165, 1.54) is 29.8 Å². The van der Waals surface area contributed by atoms with Crippen LogP contribution >= 0.6 is 0 Å². The Morgan fingerprint density at radius 2 is 1.58 bits per heavy atom. The van der Waals surface area contributed by atoms with Crippen molar-refractivity contribution in [3.63, 3.8) is 0 Å². The van der Waals surface area contributed by atoms with Crippen LogP contribution in [0.4, 0.5) is 0 Å². The number of aryl methyl sites for hydroxylation is 1. The van der Waals surface area contributed by atoms with Crippen molar-refractivity contribution in [1.29, 1.82) is 0 Å². The first-order valence-electron chi connectivity index (χ1n) is 9.94. The summed E-state index contributed by atoms with van der Waals surface area (Å²) < 4.78 is 7.59. The fourth-order valence-electron chi connectivity index (χ4n) is 3.44. The summed E-state index contributed by atoms with van der Waals surface area (Å²) in [5.74, 6) is 1.25. The molecule has 0 bridgehead atoms. The summed E-state index contributed by atoms with van der Waals surface area (Å²) in [6, 6.07) is 0. The van der Waals surface area contributed by atoms with Gasteiger partial charge in [-0.2, -0.15) is 5.10 Å². The molecule has 1 saturated heterocycles. The second-order valence-electron chi connectivity index (χ2n) is 7.50. The van der Waals surface area contributed by atoms with Crippen LogP contribution in [0.15, 0.2) is 0 Å². The summed E-state index contributed by atoms with van der Waals surface area (Å²) in [5.41, 5.74) is 4.35. The predicted octanol–water partition coefficient (Wildman–Crippen LogP) is 5.86. The number of aromatic nitrogens is 2. The average molecular weight is 339 g/mol. The Labute approximate surface area is 151 Å². The molecule has 0 atom stereocenters. The summed E-state index contributed by atoms with van der Waals surface area (Å²) in [7, 11) is 2.10. The fourth-order valence-corrected chi connectivity index (χ4v) is 3.44. The monoisotopic (exact) mass is 338 g/mol. The van der Waals surface area contributed by atoms with E-state index >= 15 is 0 Å². The Kier molecular flexibility index (Phi) is 10.5. The van der Waals surface area contributed by atoms with Crippen LogP contribution < -0.4 is 0 Å². The molecule has 1 aliphatic rings. The molecule has 24 heavy (non-hydrogen) atoms. The van der Waals surface area contributed by atoms with Crippen LogP contribution in [0, 0.1) is 5.92 Å². The minimum atomic E-state index is 0.161. The van der Waals surface area contributed by atoms with Crippen molar-refractivity contribution >= 4 is 0 Å². The topological polar surface area (TPSA) is 27.1 Å². The van der Waals surface area contributed by atoms with Gasteiger partial charge in [0.15, 0.2) is 0 Å². The predicted molar refractivity (Wildman–Crippen MR) is 106 cm³/mol. The minimum absolute atomic E-state index is 0.161. The molecule has 0 amide bonds. The van der Waals surface area contributed by atoms with Gasteiger partial charge in [0.1, 0.15) is 0 Å². The number of ether oxygens (including phenoxy) is 1. The molecule has 1 aromatic heterocycles. The highest BCUT2D eigenvalue weighted by Gasteiger charge is 2.29. The standard InChI is InChI=1S/C17H30N2O.2C2H6/c1-12(2)16-15(17(3,4)5)14(18-19(16)6)11-13-7-9-20-10-8-13;2*1-2/h12-13H,7-11H2,1-6H3;2*1-2H3. The van der Waals surface area contributed by atoms with E-state index in [-0.39, 0.29) is 5.41 Å². The quantitative estimate of drug-likeness (QED) is 0.690. The molecule has 0 saturated carbocycles. The molecule has 0 N–H and O–H groups in total. The summed E-state index contributed by atoms with van der Waals surface area (Å²) in [6.45, 7) is 21.3. The molecule has 1 fully saturated rings. The molecular weight excluding hydrogens is 296 g/mol. The van der Waals surface area contributed by atoms with Crippen LogP contribution in [-0.2, 0) is 23.6 Å². The van der Waals surface area contributed by atoms with E-state index in [1.807, 2.05) is 27.7 Å². The maximum Gasteiger partial charge on any atom is 0.0667 e. The van der Waals surface area contributed by atoms with Gasteiger partial charge in [0.05, 0.1) is 5.69 Å². The zero-order valence-electron chi connectivity index (χ0n) is 18.0. The Hall–Kier alpha value is -0.830. The molecule has 3 nitrogen and oxygen atoms in total. The van der Waals surface area contributed by atoms with Crippen molar-refractivity contribution in [3.05, 3.63) is 17.0 Å². The largest absolute Gasteiger partial charge is 0.381 e. The van der Waals surface area contributed by atoms with Gasteiger partial charge >= 0.3 is 0 Å². The SMILES string of the molecule is CC.CC.CC(C)c1c(C(C)(C)C)c(CC2CCOCC2)nn1C. The van der Waals surface area contributed by atoms with Gasteiger partial charge < -0.3 is 4.74 Å². The molecule has 0 aliphatic carbocycles. The summed E-state index contributed by atoms with van der Waals surface area (Å²) >= 11 is 0. The molecule has 2 heterocycles. The Morgan fingerprint density at radius 1 is 1.08 bits per heavy atom. The van der Waals surface area contributed by atoms with Crippen LogP contribution in [0.5, 0.6) is 0 Å². The summed E-state index contributed by atoms with van der Waals surface area (Å²) in [4.78, 5) is 0. The van der Waals surface area contributed by atoms with Crippen LogP contribution in [-0.4, -0.2) is 23.0 Å². The third-order valence-electron chi connectivity index (χ3n) is 4.28. The highest BCUT2D eigenvalue weighted by atomic mass is 16.5. The smallest absolute Gasteiger partial charge is 0.0667 e. The Morgan fingerprint density at radius 3 is 2.00 bits per heavy atom. The number of hydrogen-bond acceptors (Lipinski definition) is 2. The van der Waals surface area contributed by atoms with Crippen molar-refractivity contribution in [3.8, 4) is 0 Å². The molecule has 3 heteroatoms. The molecule has 1 aromatic rings. The maximum atomic E-state index is 5.48. The van der Waals surface area contributed by atoms with Crippen LogP contribution in [0.25, 0.3) is 0 Å². The van der Waals surface area contributed by atoms with Crippen molar-refractivity contribution in [2.75, 3.05) is 13.2 Å². The molecule has 0 unspecified atom stereocenters. The van der Waals surface area contributed by atoms with Crippen LogP contribution in [0.3, 0.4) is 0 Å². The summed E-state index contributed by atoms with van der Waals surface area (Å²) in [5, 5.41) is 4.87. The first-order chi connectivity index (χ1) is 11.3. The fraction of sp³-hybridized carbons (Fsp3) is 0.857. The van der Waals surface area contributed by atoms with E-state index < -0.39 is 0 Å². The van der Waals surface area contributed by atoms with E-state index in [0.717, 1.165) is 25.6 Å². The van der Waals surface area contributed by atoms with Crippen LogP contribution in [0.2, 0.25) is 0 Å². The van der Waals surface area contributed by atoms with E-state index in [2.05, 4.69) is 46.3 Å². The second kappa shape index (κ2) is 10.9. The minimum Gasteiger partial charge on any atom is -0.381 e. The molecule has 0 aromatic carbocycles. The lowest BCUT2D eigenvalue weighted by atomic mass is 9.80.